The summed E-state index contributed by atoms with van der Waals surface area (Å²) < 4.78 is 19.3. The zero-order chi connectivity index (χ0) is 13.4. The Morgan fingerprint density at radius 1 is 1.11 bits per heavy atom. The molecule has 3 heteroatoms. The topological polar surface area (TPSA) is 26.3 Å². The van der Waals surface area contributed by atoms with Gasteiger partial charge >= 0.3 is 5.97 Å². The molecule has 0 spiro atoms. The second-order valence-corrected chi connectivity index (χ2v) is 4.75. The summed E-state index contributed by atoms with van der Waals surface area (Å²) in [5.41, 5.74) is 2.54. The van der Waals surface area contributed by atoms with Crippen LogP contribution in [0.1, 0.15) is 22.6 Å². The van der Waals surface area contributed by atoms with Gasteiger partial charge in [0.15, 0.2) is 0 Å². The van der Waals surface area contributed by atoms with Gasteiger partial charge in [-0.25, -0.2) is 9.18 Å². The number of ether oxygens (including phenoxy) is 1. The first-order valence-electron chi connectivity index (χ1n) is 6.18. The standard InChI is InChI=1S/C16H13FO2/c1-10-7-8-13-12(9-10)14(15(17)16(18)19-13)11-5-3-2-4-6-11/h2-9,14-15H,1H3. The van der Waals surface area contributed by atoms with Crippen LogP contribution in [0.4, 0.5) is 4.39 Å². The predicted octanol–water partition coefficient (Wildman–Crippen LogP) is 3.38. The van der Waals surface area contributed by atoms with E-state index >= 15 is 0 Å². The molecule has 2 unspecified atom stereocenters. The van der Waals surface area contributed by atoms with Crippen molar-refractivity contribution in [3.8, 4) is 5.75 Å². The Bertz CT molecular complexity index is 622. The van der Waals surface area contributed by atoms with Crippen LogP contribution in [-0.2, 0) is 4.79 Å². The second-order valence-electron chi connectivity index (χ2n) is 4.75. The SMILES string of the molecule is Cc1ccc2c(c1)C(c1ccccc1)C(F)C(=O)O2. The Kier molecular flexibility index (Phi) is 2.82. The highest BCUT2D eigenvalue weighted by atomic mass is 19.1. The van der Waals surface area contributed by atoms with E-state index in [1.54, 1.807) is 6.07 Å². The number of esters is 1. The minimum absolute atomic E-state index is 0.457. The Labute approximate surface area is 110 Å². The molecular formula is C16H13FO2. The van der Waals surface area contributed by atoms with Gasteiger partial charge in [0.25, 0.3) is 0 Å². The summed E-state index contributed by atoms with van der Waals surface area (Å²) in [6, 6.07) is 14.7. The van der Waals surface area contributed by atoms with Crippen molar-refractivity contribution in [2.24, 2.45) is 0 Å². The van der Waals surface area contributed by atoms with Gasteiger partial charge < -0.3 is 4.74 Å². The lowest BCUT2D eigenvalue weighted by atomic mass is 9.84. The van der Waals surface area contributed by atoms with Gasteiger partial charge in [0.1, 0.15) is 5.75 Å². The minimum atomic E-state index is -1.66. The van der Waals surface area contributed by atoms with Crippen molar-refractivity contribution in [2.75, 3.05) is 0 Å². The van der Waals surface area contributed by atoms with Crippen LogP contribution >= 0.6 is 0 Å². The van der Waals surface area contributed by atoms with Crippen molar-refractivity contribution < 1.29 is 13.9 Å². The molecular weight excluding hydrogens is 243 g/mol. The average Bonchev–Trinajstić information content (AvgIpc) is 2.42. The fourth-order valence-electron chi connectivity index (χ4n) is 2.47. The zero-order valence-electron chi connectivity index (χ0n) is 10.5. The van der Waals surface area contributed by atoms with Crippen molar-refractivity contribution in [1.29, 1.82) is 0 Å². The third-order valence-corrected chi connectivity index (χ3v) is 3.39. The van der Waals surface area contributed by atoms with Crippen LogP contribution in [0.2, 0.25) is 0 Å². The number of rotatable bonds is 1. The molecule has 0 radical (unpaired) electrons. The summed E-state index contributed by atoms with van der Waals surface area (Å²) in [4.78, 5) is 11.6. The van der Waals surface area contributed by atoms with E-state index in [2.05, 4.69) is 0 Å². The van der Waals surface area contributed by atoms with Gasteiger partial charge in [-0.3, -0.25) is 0 Å². The molecule has 2 atom stereocenters. The molecule has 2 aromatic rings. The number of benzene rings is 2. The highest BCUT2D eigenvalue weighted by Gasteiger charge is 2.38. The number of carbonyl (C=O) groups excluding carboxylic acids is 1. The smallest absolute Gasteiger partial charge is 0.347 e. The fraction of sp³-hybridized carbons (Fsp3) is 0.188. The van der Waals surface area contributed by atoms with Crippen LogP contribution in [-0.4, -0.2) is 12.1 Å². The first-order valence-corrected chi connectivity index (χ1v) is 6.18. The molecule has 1 aliphatic rings. The second kappa shape index (κ2) is 4.50. The number of carbonyl (C=O) groups is 1. The van der Waals surface area contributed by atoms with E-state index < -0.39 is 18.1 Å². The van der Waals surface area contributed by atoms with E-state index in [0.717, 1.165) is 16.7 Å². The quantitative estimate of drug-likeness (QED) is 0.577. The van der Waals surface area contributed by atoms with Crippen LogP contribution in [0.15, 0.2) is 48.5 Å². The normalized spacial score (nSPS) is 21.7. The van der Waals surface area contributed by atoms with E-state index in [9.17, 15) is 9.18 Å². The van der Waals surface area contributed by atoms with Gasteiger partial charge in [-0.2, -0.15) is 0 Å². The van der Waals surface area contributed by atoms with Gasteiger partial charge in [-0.15, -0.1) is 0 Å². The summed E-state index contributed by atoms with van der Waals surface area (Å²) in [7, 11) is 0. The van der Waals surface area contributed by atoms with Gasteiger partial charge in [0.05, 0.1) is 5.92 Å². The van der Waals surface area contributed by atoms with Crippen molar-refractivity contribution >= 4 is 5.97 Å². The van der Waals surface area contributed by atoms with Crippen molar-refractivity contribution in [3.63, 3.8) is 0 Å². The van der Waals surface area contributed by atoms with E-state index in [1.807, 2.05) is 49.4 Å². The molecule has 2 aromatic carbocycles. The Morgan fingerprint density at radius 3 is 2.58 bits per heavy atom. The van der Waals surface area contributed by atoms with Crippen LogP contribution in [0, 0.1) is 6.92 Å². The Morgan fingerprint density at radius 2 is 1.84 bits per heavy atom. The Hall–Kier alpha value is -2.16. The molecule has 0 fully saturated rings. The molecule has 0 saturated carbocycles. The molecule has 0 saturated heterocycles. The maximum absolute atomic E-state index is 14.3. The highest BCUT2D eigenvalue weighted by molar-refractivity contribution is 5.82. The molecule has 19 heavy (non-hydrogen) atoms. The molecule has 3 rings (SSSR count). The first-order chi connectivity index (χ1) is 9.16. The summed E-state index contributed by atoms with van der Waals surface area (Å²) in [5.74, 6) is -0.944. The molecule has 1 heterocycles. The van der Waals surface area contributed by atoms with E-state index in [0.29, 0.717) is 5.75 Å². The summed E-state index contributed by atoms with van der Waals surface area (Å²) in [5, 5.41) is 0. The number of hydrogen-bond acceptors (Lipinski definition) is 2. The maximum Gasteiger partial charge on any atom is 0.347 e. The van der Waals surface area contributed by atoms with Crippen LogP contribution in [0.25, 0.3) is 0 Å². The lowest BCUT2D eigenvalue weighted by Crippen LogP contribution is -2.33. The van der Waals surface area contributed by atoms with Gasteiger partial charge in [-0.05, 0) is 18.6 Å². The van der Waals surface area contributed by atoms with Gasteiger partial charge in [0, 0.05) is 5.56 Å². The number of hydrogen-bond donors (Lipinski definition) is 0. The number of fused-ring (bicyclic) bond motifs is 1. The van der Waals surface area contributed by atoms with E-state index in [4.69, 9.17) is 4.74 Å². The lowest BCUT2D eigenvalue weighted by Gasteiger charge is -2.28. The molecule has 96 valence electrons. The molecule has 0 aliphatic carbocycles. The van der Waals surface area contributed by atoms with E-state index in [-0.39, 0.29) is 0 Å². The third-order valence-electron chi connectivity index (χ3n) is 3.39. The van der Waals surface area contributed by atoms with Crippen LogP contribution < -0.4 is 4.74 Å². The Balaban J connectivity index is 2.17. The molecule has 0 amide bonds. The number of alkyl halides is 1. The van der Waals surface area contributed by atoms with Crippen molar-refractivity contribution in [2.45, 2.75) is 19.0 Å². The highest BCUT2D eigenvalue weighted by Crippen LogP contribution is 2.40. The molecule has 0 N–H and O–H groups in total. The minimum Gasteiger partial charge on any atom is -0.424 e. The fourth-order valence-corrected chi connectivity index (χ4v) is 2.47. The van der Waals surface area contributed by atoms with Gasteiger partial charge in [0.2, 0.25) is 6.17 Å². The summed E-state index contributed by atoms with van der Waals surface area (Å²) in [6.07, 6.45) is -1.66. The van der Waals surface area contributed by atoms with Crippen molar-refractivity contribution in [3.05, 3.63) is 65.2 Å². The molecule has 2 nitrogen and oxygen atoms in total. The summed E-state index contributed by atoms with van der Waals surface area (Å²) in [6.45, 7) is 1.94. The number of halogens is 1. The predicted molar refractivity (Wildman–Crippen MR) is 70.0 cm³/mol. The summed E-state index contributed by atoms with van der Waals surface area (Å²) >= 11 is 0. The largest absolute Gasteiger partial charge is 0.424 e. The monoisotopic (exact) mass is 256 g/mol. The van der Waals surface area contributed by atoms with Crippen LogP contribution in [0.3, 0.4) is 0 Å². The third kappa shape index (κ3) is 2.01. The average molecular weight is 256 g/mol. The van der Waals surface area contributed by atoms with Crippen LogP contribution in [0.5, 0.6) is 5.75 Å². The van der Waals surface area contributed by atoms with Crippen molar-refractivity contribution in [1.82, 2.24) is 0 Å². The lowest BCUT2D eigenvalue weighted by molar-refractivity contribution is -0.141. The number of aryl methyl sites for hydroxylation is 1. The molecule has 1 aliphatic heterocycles. The molecule has 0 aromatic heterocycles. The zero-order valence-corrected chi connectivity index (χ0v) is 10.5. The maximum atomic E-state index is 14.3. The first kappa shape index (κ1) is 11.9. The van der Waals surface area contributed by atoms with E-state index in [1.165, 1.54) is 0 Å². The van der Waals surface area contributed by atoms with Gasteiger partial charge in [-0.1, -0.05) is 48.0 Å². The molecule has 0 bridgehead atoms.